The smallest absolute Gasteiger partial charge is 0.255 e. The van der Waals surface area contributed by atoms with Crippen LogP contribution in [0.5, 0.6) is 5.75 Å². The van der Waals surface area contributed by atoms with Gasteiger partial charge in [-0.3, -0.25) is 4.79 Å². The van der Waals surface area contributed by atoms with Crippen molar-refractivity contribution in [2.24, 2.45) is 5.73 Å². The van der Waals surface area contributed by atoms with E-state index in [1.165, 1.54) is 12.1 Å². The van der Waals surface area contributed by atoms with Gasteiger partial charge in [0.15, 0.2) is 0 Å². The molecule has 1 aliphatic rings. The summed E-state index contributed by atoms with van der Waals surface area (Å²) in [6.07, 6.45) is 3.85. The van der Waals surface area contributed by atoms with Gasteiger partial charge in [-0.05, 0) is 60.5 Å². The molecule has 1 aliphatic carbocycles. The average molecular weight is 401 g/mol. The summed E-state index contributed by atoms with van der Waals surface area (Å²) >= 11 is 6.35. The molecule has 1 heterocycles. The molecule has 0 bridgehead atoms. The lowest BCUT2D eigenvalue weighted by Gasteiger charge is -2.51. The molecule has 2 aromatic carbocycles. The van der Waals surface area contributed by atoms with Crippen LogP contribution in [0.4, 0.5) is 4.39 Å². The fraction of sp³-hybridized carbons (Fsp3) is 0.318. The van der Waals surface area contributed by atoms with Crippen molar-refractivity contribution in [1.29, 1.82) is 0 Å². The van der Waals surface area contributed by atoms with Gasteiger partial charge in [-0.15, -0.1) is 0 Å². The number of hydrogen-bond donors (Lipinski definition) is 2. The zero-order valence-electron chi connectivity index (χ0n) is 15.5. The molecule has 4 rings (SSSR count). The van der Waals surface area contributed by atoms with Crippen LogP contribution in [0.15, 0.2) is 53.5 Å². The summed E-state index contributed by atoms with van der Waals surface area (Å²) in [4.78, 5) is 14.6. The monoisotopic (exact) mass is 400 g/mol. The Kier molecular flexibility index (Phi) is 4.89. The number of pyridine rings is 1. The number of rotatable bonds is 5. The van der Waals surface area contributed by atoms with Crippen molar-refractivity contribution in [2.75, 3.05) is 0 Å². The molecule has 0 aliphatic heterocycles. The summed E-state index contributed by atoms with van der Waals surface area (Å²) in [5.74, 6) is 0.302. The van der Waals surface area contributed by atoms with E-state index in [0.717, 1.165) is 30.2 Å². The Morgan fingerprint density at radius 2 is 2.00 bits per heavy atom. The predicted molar refractivity (Wildman–Crippen MR) is 110 cm³/mol. The van der Waals surface area contributed by atoms with Crippen LogP contribution < -0.4 is 16.0 Å². The molecule has 6 heteroatoms. The van der Waals surface area contributed by atoms with Crippen molar-refractivity contribution < 1.29 is 9.13 Å². The topological polar surface area (TPSA) is 68.1 Å². The fourth-order valence-corrected chi connectivity index (χ4v) is 4.43. The Hall–Kier alpha value is -2.37. The maximum absolute atomic E-state index is 13.3. The third kappa shape index (κ3) is 3.19. The molecule has 146 valence electrons. The van der Waals surface area contributed by atoms with Crippen molar-refractivity contribution in [2.45, 2.75) is 43.7 Å². The van der Waals surface area contributed by atoms with E-state index >= 15 is 0 Å². The Morgan fingerprint density at radius 3 is 2.68 bits per heavy atom. The number of nitrogens with one attached hydrogen (secondary N) is 1. The molecule has 1 atom stereocenters. The van der Waals surface area contributed by atoms with Crippen molar-refractivity contribution >= 4 is 22.4 Å². The van der Waals surface area contributed by atoms with Crippen LogP contribution in [-0.4, -0.2) is 17.1 Å². The number of benzene rings is 2. The molecule has 3 N–H and O–H groups in total. The van der Waals surface area contributed by atoms with Crippen LogP contribution in [0.2, 0.25) is 5.02 Å². The van der Waals surface area contributed by atoms with Gasteiger partial charge < -0.3 is 15.5 Å². The Morgan fingerprint density at radius 1 is 1.29 bits per heavy atom. The molecule has 0 amide bonds. The highest BCUT2D eigenvalue weighted by atomic mass is 35.5. The largest absolute Gasteiger partial charge is 0.489 e. The van der Waals surface area contributed by atoms with E-state index < -0.39 is 0 Å². The average Bonchev–Trinajstić information content (AvgIpc) is 2.66. The lowest BCUT2D eigenvalue weighted by molar-refractivity contribution is 0.0219. The Bertz CT molecular complexity index is 1060. The van der Waals surface area contributed by atoms with Gasteiger partial charge in [0.1, 0.15) is 17.7 Å². The molecule has 3 aromatic rings. The second-order valence-corrected chi connectivity index (χ2v) is 7.91. The molecule has 0 saturated heterocycles. The quantitative estimate of drug-likeness (QED) is 0.660. The normalized spacial score (nSPS) is 22.6. The molecule has 1 unspecified atom stereocenters. The lowest BCUT2D eigenvalue weighted by atomic mass is 9.58. The van der Waals surface area contributed by atoms with Gasteiger partial charge in [0.05, 0.1) is 5.02 Å². The first-order valence-electron chi connectivity index (χ1n) is 9.42. The lowest BCUT2D eigenvalue weighted by Crippen LogP contribution is -2.57. The SMILES string of the molecule is CCC(N)C1(c2ccc(F)cc2)CC(Oc2cc3cc[nH]c(=O)c3cc2Cl)C1. The zero-order chi connectivity index (χ0) is 19.9. The molecule has 28 heavy (non-hydrogen) atoms. The highest BCUT2D eigenvalue weighted by molar-refractivity contribution is 6.32. The third-order valence-corrected chi connectivity index (χ3v) is 6.17. The van der Waals surface area contributed by atoms with Gasteiger partial charge in [0, 0.05) is 23.0 Å². The van der Waals surface area contributed by atoms with E-state index in [4.69, 9.17) is 22.1 Å². The molecule has 1 fully saturated rings. The number of aromatic amines is 1. The number of hydrogen-bond acceptors (Lipinski definition) is 3. The van der Waals surface area contributed by atoms with E-state index in [0.29, 0.717) is 16.2 Å². The van der Waals surface area contributed by atoms with E-state index in [1.54, 1.807) is 18.3 Å². The second-order valence-electron chi connectivity index (χ2n) is 7.50. The molecule has 1 aromatic heterocycles. The second kappa shape index (κ2) is 7.22. The van der Waals surface area contributed by atoms with E-state index in [1.807, 2.05) is 18.2 Å². The molecule has 0 spiro atoms. The first-order valence-corrected chi connectivity index (χ1v) is 9.80. The molecular weight excluding hydrogens is 379 g/mol. The van der Waals surface area contributed by atoms with Gasteiger partial charge in [-0.2, -0.15) is 0 Å². The van der Waals surface area contributed by atoms with Gasteiger partial charge in [0.2, 0.25) is 0 Å². The number of ether oxygens (including phenoxy) is 1. The van der Waals surface area contributed by atoms with Crippen molar-refractivity contribution in [3.05, 3.63) is 75.4 Å². The summed E-state index contributed by atoms with van der Waals surface area (Å²) < 4.78 is 19.5. The van der Waals surface area contributed by atoms with Crippen LogP contribution in [0, 0.1) is 5.82 Å². The van der Waals surface area contributed by atoms with Crippen molar-refractivity contribution in [1.82, 2.24) is 4.98 Å². The molecular formula is C22H22ClFN2O2. The Balaban J connectivity index is 1.58. The fourth-order valence-electron chi connectivity index (χ4n) is 4.22. The standard InChI is InChI=1S/C22H22ClFN2O2/c1-2-20(25)22(14-3-5-15(24)6-4-14)11-16(12-22)28-19-9-13-7-8-26-21(27)17(13)10-18(19)23/h3-10,16,20H,2,11-12,25H2,1H3,(H,26,27). The molecule has 1 saturated carbocycles. The summed E-state index contributed by atoms with van der Waals surface area (Å²) in [7, 11) is 0. The number of nitrogens with two attached hydrogens (primary N) is 1. The number of H-pyrrole nitrogens is 1. The maximum atomic E-state index is 13.3. The minimum absolute atomic E-state index is 0.0385. The van der Waals surface area contributed by atoms with Crippen LogP contribution in [0.3, 0.4) is 0 Å². The van der Waals surface area contributed by atoms with Crippen molar-refractivity contribution in [3.8, 4) is 5.75 Å². The van der Waals surface area contributed by atoms with Gasteiger partial charge >= 0.3 is 0 Å². The summed E-state index contributed by atoms with van der Waals surface area (Å²) in [5, 5.41) is 1.71. The van der Waals surface area contributed by atoms with Crippen LogP contribution >= 0.6 is 11.6 Å². The predicted octanol–water partition coefficient (Wildman–Crippen LogP) is 4.54. The zero-order valence-corrected chi connectivity index (χ0v) is 16.3. The Labute approximate surface area is 167 Å². The minimum Gasteiger partial charge on any atom is -0.489 e. The minimum atomic E-state index is -0.256. The van der Waals surface area contributed by atoms with E-state index in [-0.39, 0.29) is 28.9 Å². The highest BCUT2D eigenvalue weighted by Gasteiger charge is 2.50. The first-order chi connectivity index (χ1) is 13.4. The number of aromatic nitrogens is 1. The maximum Gasteiger partial charge on any atom is 0.255 e. The number of halogens is 2. The summed E-state index contributed by atoms with van der Waals surface area (Å²) in [6, 6.07) is 11.8. The third-order valence-electron chi connectivity index (χ3n) is 5.87. The van der Waals surface area contributed by atoms with Crippen molar-refractivity contribution in [3.63, 3.8) is 0 Å². The first kappa shape index (κ1) is 19.0. The van der Waals surface area contributed by atoms with Crippen LogP contribution in [-0.2, 0) is 5.41 Å². The van der Waals surface area contributed by atoms with E-state index in [2.05, 4.69) is 11.9 Å². The number of fused-ring (bicyclic) bond motifs is 1. The van der Waals surface area contributed by atoms with Crippen LogP contribution in [0.25, 0.3) is 10.8 Å². The van der Waals surface area contributed by atoms with Crippen LogP contribution in [0.1, 0.15) is 31.7 Å². The summed E-state index contributed by atoms with van der Waals surface area (Å²) in [5.41, 5.74) is 7.08. The highest BCUT2D eigenvalue weighted by Crippen LogP contribution is 2.49. The summed E-state index contributed by atoms with van der Waals surface area (Å²) in [6.45, 7) is 2.06. The van der Waals surface area contributed by atoms with Gasteiger partial charge in [-0.25, -0.2) is 4.39 Å². The van der Waals surface area contributed by atoms with Gasteiger partial charge in [0.25, 0.3) is 5.56 Å². The van der Waals surface area contributed by atoms with E-state index in [9.17, 15) is 9.18 Å². The van der Waals surface area contributed by atoms with Gasteiger partial charge in [-0.1, -0.05) is 30.7 Å². The molecule has 4 nitrogen and oxygen atoms in total. The molecule has 0 radical (unpaired) electrons.